The van der Waals surface area contributed by atoms with Crippen LogP contribution < -0.4 is 15.0 Å². The van der Waals surface area contributed by atoms with Crippen LogP contribution in [0, 0.1) is 12.3 Å². The Balaban J connectivity index is 0.00000414. The first-order chi connectivity index (χ1) is 32.3. The van der Waals surface area contributed by atoms with Gasteiger partial charge in [-0.1, -0.05) is 125 Å². The third kappa shape index (κ3) is 12.8. The number of thiophene rings is 1. The van der Waals surface area contributed by atoms with E-state index in [1.54, 1.807) is 43.0 Å². The largest absolute Gasteiger partial charge is 0.411 e. The van der Waals surface area contributed by atoms with Crippen LogP contribution >= 0.6 is 23.1 Å². The Morgan fingerprint density at radius 3 is 2.28 bits per heavy atom. The average molecular weight is 933 g/mol. The maximum Gasteiger partial charge on any atom is 0.263 e. The zero-order valence-corrected chi connectivity index (χ0v) is 41.3. The number of fused-ring (bicyclic) bond motifs is 1. The minimum absolute atomic E-state index is 0.167. The van der Waals surface area contributed by atoms with E-state index in [0.717, 1.165) is 89.0 Å². The lowest BCUT2D eigenvalue weighted by molar-refractivity contribution is -0.697. The van der Waals surface area contributed by atoms with Crippen LogP contribution in [0.15, 0.2) is 161 Å². The Hall–Kier alpha value is -6.69. The van der Waals surface area contributed by atoms with Crippen molar-refractivity contribution in [2.45, 2.75) is 86.6 Å². The molecule has 67 heavy (non-hydrogen) atoms. The number of allylic oxidation sites excluding steroid dienone is 5. The molecule has 0 unspecified atom stereocenters. The molecule has 9 nitrogen and oxygen atoms in total. The molecule has 3 heterocycles. The quantitative estimate of drug-likeness (QED) is 0.0118. The van der Waals surface area contributed by atoms with Gasteiger partial charge in [0, 0.05) is 58.7 Å². The van der Waals surface area contributed by atoms with Gasteiger partial charge < -0.3 is 15.5 Å². The zero-order valence-electron chi connectivity index (χ0n) is 39.7. The number of aromatic nitrogens is 1. The van der Waals surface area contributed by atoms with Gasteiger partial charge in [0.1, 0.15) is 18.0 Å². The van der Waals surface area contributed by atoms with Crippen molar-refractivity contribution in [1.29, 1.82) is 5.41 Å². The second-order valence-corrected chi connectivity index (χ2v) is 18.1. The van der Waals surface area contributed by atoms with Crippen molar-refractivity contribution < 1.29 is 24.2 Å². The van der Waals surface area contributed by atoms with Gasteiger partial charge in [-0.05, 0) is 95.0 Å². The molecule has 0 aliphatic carbocycles. The van der Waals surface area contributed by atoms with Gasteiger partial charge in [0.2, 0.25) is 0 Å². The summed E-state index contributed by atoms with van der Waals surface area (Å²) in [4.78, 5) is 37.5. The van der Waals surface area contributed by atoms with Crippen molar-refractivity contribution in [2.75, 3.05) is 5.75 Å². The predicted octanol–water partition coefficient (Wildman–Crippen LogP) is 12.1. The van der Waals surface area contributed by atoms with E-state index in [4.69, 9.17) is 15.2 Å². The number of hydrogen-bond acceptors (Lipinski definition) is 9. The van der Waals surface area contributed by atoms with E-state index in [2.05, 4.69) is 92.4 Å². The van der Waals surface area contributed by atoms with E-state index in [1.165, 1.54) is 0 Å². The number of imide groups is 1. The smallest absolute Gasteiger partial charge is 0.263 e. The van der Waals surface area contributed by atoms with E-state index in [-0.39, 0.29) is 30.4 Å². The summed E-state index contributed by atoms with van der Waals surface area (Å²) in [5, 5.41) is 28.4. The molecule has 1 aliphatic rings. The minimum Gasteiger partial charge on any atom is -0.411 e. The highest BCUT2D eigenvalue weighted by molar-refractivity contribution is 8.03. The normalized spacial score (nSPS) is 14.1. The Kier molecular flexibility index (Phi) is 18.9. The van der Waals surface area contributed by atoms with Crippen molar-refractivity contribution in [1.82, 2.24) is 5.06 Å². The first-order valence-corrected chi connectivity index (χ1v) is 24.5. The molecular weight excluding hydrogens is 871 g/mol. The number of pyridine rings is 1. The summed E-state index contributed by atoms with van der Waals surface area (Å²) in [6.45, 7) is 29.2. The fourth-order valence-corrected chi connectivity index (χ4v) is 9.86. The van der Waals surface area contributed by atoms with Crippen LogP contribution in [0.25, 0.3) is 39.1 Å². The third-order valence-corrected chi connectivity index (χ3v) is 13.2. The molecule has 346 valence electrons. The second kappa shape index (κ2) is 24.7. The number of carbonyl (C=O) groups excluding carboxylic acids is 2. The van der Waals surface area contributed by atoms with Crippen molar-refractivity contribution >= 4 is 80.7 Å². The number of aryl methyl sites for hydroxylation is 2. The molecule has 1 fully saturated rings. The lowest BCUT2D eigenvalue weighted by Crippen LogP contribution is -2.32. The van der Waals surface area contributed by atoms with Gasteiger partial charge in [0.15, 0.2) is 12.4 Å². The summed E-state index contributed by atoms with van der Waals surface area (Å²) in [6.07, 6.45) is 11.2. The first kappa shape index (κ1) is 51.3. The van der Waals surface area contributed by atoms with E-state index in [1.807, 2.05) is 74.8 Å². The number of rotatable bonds is 20. The Labute approximate surface area is 403 Å². The molecule has 0 atom stereocenters. The summed E-state index contributed by atoms with van der Waals surface area (Å²) in [7, 11) is 0. The fraction of sp³-hybridized carbons (Fsp3) is 0.250. The first-order valence-electron chi connectivity index (χ1n) is 22.7. The Morgan fingerprint density at radius 2 is 1.63 bits per heavy atom. The van der Waals surface area contributed by atoms with Crippen LogP contribution in [0.4, 0.5) is 0 Å². The molecule has 0 radical (unpaired) electrons. The van der Waals surface area contributed by atoms with Crippen LogP contribution in [0.5, 0.6) is 0 Å². The monoisotopic (exact) mass is 932 g/mol. The van der Waals surface area contributed by atoms with Gasteiger partial charge in [-0.3, -0.25) is 9.59 Å². The maximum atomic E-state index is 11.9. The van der Waals surface area contributed by atoms with Crippen molar-refractivity contribution in [2.24, 2.45) is 10.1 Å². The summed E-state index contributed by atoms with van der Waals surface area (Å²) in [6, 6.07) is 28.7. The van der Waals surface area contributed by atoms with Crippen LogP contribution in [0.1, 0.15) is 89.1 Å². The molecule has 2 N–H and O–H groups in total. The molecule has 6 rings (SSSR count). The maximum absolute atomic E-state index is 11.9. The number of thioether (sulfide) groups is 1. The van der Waals surface area contributed by atoms with Crippen LogP contribution in [-0.4, -0.2) is 45.0 Å². The molecule has 2 amide bonds. The molecule has 2 aromatic heterocycles. The number of hydrogen-bond donors (Lipinski definition) is 2. The topological polar surface area (TPSA) is 119 Å². The Morgan fingerprint density at radius 1 is 0.955 bits per heavy atom. The van der Waals surface area contributed by atoms with Crippen LogP contribution in [0.3, 0.4) is 0 Å². The highest BCUT2D eigenvalue weighted by Gasteiger charge is 2.31. The molecule has 0 bridgehead atoms. The minimum atomic E-state index is -0.333. The molecule has 0 spiro atoms. The number of nitrogens with zero attached hydrogens (tertiary/aromatic N) is 4. The molecule has 11 heteroatoms. The van der Waals surface area contributed by atoms with Crippen molar-refractivity contribution in [3.8, 4) is 10.4 Å². The summed E-state index contributed by atoms with van der Waals surface area (Å²) in [5.74, 6) is 0.431. The number of hydroxylamine groups is 2. The van der Waals surface area contributed by atoms with Crippen molar-refractivity contribution in [3.63, 3.8) is 0 Å². The number of nitrogens with one attached hydrogen (secondary N) is 1. The number of oxime groups is 1. The van der Waals surface area contributed by atoms with E-state index < -0.39 is 0 Å². The number of benzene rings is 3. The molecular formula is C56H62N5O4S2+. The highest BCUT2D eigenvalue weighted by atomic mass is 32.2. The van der Waals surface area contributed by atoms with Gasteiger partial charge in [-0.15, -0.1) is 28.2 Å². The molecule has 0 saturated carbocycles. The van der Waals surface area contributed by atoms with Gasteiger partial charge >= 0.3 is 0 Å². The summed E-state index contributed by atoms with van der Waals surface area (Å²) in [5.41, 5.74) is 6.80. The Bertz CT molecular complexity index is 2900. The number of amides is 2. The predicted molar refractivity (Wildman–Crippen MR) is 282 cm³/mol. The molecule has 5 aromatic rings. The number of unbranched alkanes of at least 4 members (excludes halogenated alkanes) is 2. The SMILES string of the molecule is C=C/C(C(=C)/C=C(SCC)/C(C(/C)=N/O)=C(/N=C(C(C)=N)c1cc(C)c(-c2cccc3ccccc23)s1)c1cc[n+](CCCCCC(=C)ON2C(=O)CCC2=O)cc1)=c1/ccccc1=C.CC. The van der Waals surface area contributed by atoms with Gasteiger partial charge in [-0.2, -0.15) is 0 Å². The van der Waals surface area contributed by atoms with Crippen LogP contribution in [0.2, 0.25) is 0 Å². The van der Waals surface area contributed by atoms with E-state index >= 15 is 0 Å². The third-order valence-electron chi connectivity index (χ3n) is 11.0. The number of carbonyl (C=O) groups is 2. The zero-order chi connectivity index (χ0) is 48.6. The van der Waals surface area contributed by atoms with Crippen LogP contribution in [-0.2, 0) is 21.0 Å². The molecule has 3 aromatic carbocycles. The highest BCUT2D eigenvalue weighted by Crippen LogP contribution is 2.39. The van der Waals surface area contributed by atoms with Gasteiger partial charge in [0.25, 0.3) is 11.8 Å². The molecule has 1 saturated heterocycles. The van der Waals surface area contributed by atoms with Gasteiger partial charge in [-0.25, -0.2) is 9.56 Å². The van der Waals surface area contributed by atoms with E-state index in [9.17, 15) is 14.8 Å². The second-order valence-electron chi connectivity index (χ2n) is 15.7. The summed E-state index contributed by atoms with van der Waals surface area (Å²) >= 11 is 3.19. The lowest BCUT2D eigenvalue weighted by atomic mass is 9.98. The summed E-state index contributed by atoms with van der Waals surface area (Å²) < 4.78 is 2.10. The average Bonchev–Trinajstić information content (AvgIpc) is 3.87. The fourth-order valence-electron chi connectivity index (χ4n) is 7.67. The van der Waals surface area contributed by atoms with Gasteiger partial charge in [0.05, 0.1) is 22.0 Å². The standard InChI is InChI=1S/C54H55N5O4S2.C2H6/c1-9-43(44-23-15-13-19-35(44)3)36(4)33-47(64-10-2)51(40(8)57-62)53(42-28-31-58(32-29-42)30-17-11-12-20-38(6)63-59-49(60)26-27-50(59)61)56-52(39(7)55)48-34-37(5)54(65-48)46-25-18-22-41-21-14-16-24-45(41)46;1-2/h9,13-16,18-19,21-25,28-29,31-34,55H,1,3-4,6,10-12,17,20,26-27,30H2,2,5,7-8H3;1-2H3/p+1/b44-43+,47-33-,55-39?,56-52?;. The lowest BCUT2D eigenvalue weighted by Gasteiger charge is -2.17. The van der Waals surface area contributed by atoms with E-state index in [0.29, 0.717) is 46.2 Å². The molecule has 1 aliphatic heterocycles. The van der Waals surface area contributed by atoms with Crippen molar-refractivity contribution in [3.05, 3.63) is 177 Å². The number of aliphatic imine (C=N–C) groups is 1.